The van der Waals surface area contributed by atoms with Gasteiger partial charge in [0.15, 0.2) is 11.4 Å². The van der Waals surface area contributed by atoms with E-state index in [1.54, 1.807) is 26.0 Å². The highest BCUT2D eigenvalue weighted by atomic mass is 31.2. The fourth-order valence-corrected chi connectivity index (χ4v) is 6.06. The lowest BCUT2D eigenvalue weighted by molar-refractivity contribution is -0.145. The van der Waals surface area contributed by atoms with Gasteiger partial charge in [-0.05, 0) is 39.8 Å². The number of aliphatic hydroxyl groups is 2. The van der Waals surface area contributed by atoms with Crippen LogP contribution in [0.4, 0.5) is 5.82 Å². The van der Waals surface area contributed by atoms with Crippen LogP contribution in [0.1, 0.15) is 33.4 Å². The maximum absolute atomic E-state index is 13.8. The number of carbonyl (C=O) groups is 2. The molecular weight excluding hydrogens is 549 g/mol. The summed E-state index contributed by atoms with van der Waals surface area (Å²) in [5.41, 5.74) is 4.97. The van der Waals surface area contributed by atoms with Gasteiger partial charge in [0.2, 0.25) is 0 Å². The van der Waals surface area contributed by atoms with Gasteiger partial charge in [0.05, 0.1) is 25.5 Å². The Morgan fingerprint density at radius 2 is 1.82 bits per heavy atom. The van der Waals surface area contributed by atoms with Gasteiger partial charge >= 0.3 is 19.6 Å². The van der Waals surface area contributed by atoms with E-state index in [0.717, 1.165) is 0 Å². The number of hydrogen-bond acceptors (Lipinski definition) is 13. The molecule has 17 heteroatoms. The minimum absolute atomic E-state index is 0.0920. The number of nitrogens with two attached hydrogens (primary N) is 1. The molecule has 0 bridgehead atoms. The SMILES string of the molecule is CCOC(=O)[C@H](C)NP(=O)(N[C@@H](C)C(=O)OCC)OCC1O[C@@](C=NC)(c2ccc3c(N)ncnn23)[C@H](O)[C@@H]1O. The van der Waals surface area contributed by atoms with Crippen LogP contribution in [0.2, 0.25) is 0 Å². The molecule has 0 aromatic carbocycles. The molecule has 3 heterocycles. The number of nitrogens with zero attached hydrogens (tertiary/aromatic N) is 4. The van der Waals surface area contributed by atoms with Crippen LogP contribution in [-0.4, -0.2) is 100 Å². The number of ether oxygens (including phenoxy) is 3. The van der Waals surface area contributed by atoms with Crippen molar-refractivity contribution in [2.75, 3.05) is 32.6 Å². The van der Waals surface area contributed by atoms with Crippen LogP contribution in [0, 0.1) is 0 Å². The number of aliphatic imine (C=N–C) groups is 1. The summed E-state index contributed by atoms with van der Waals surface area (Å²) < 4.78 is 36.9. The summed E-state index contributed by atoms with van der Waals surface area (Å²) in [5.74, 6) is -1.23. The van der Waals surface area contributed by atoms with E-state index >= 15 is 0 Å². The van der Waals surface area contributed by atoms with E-state index in [1.807, 2.05) is 0 Å². The van der Waals surface area contributed by atoms with Gasteiger partial charge in [-0.25, -0.2) is 19.7 Å². The average molecular weight is 586 g/mol. The minimum atomic E-state index is -4.20. The third-order valence-corrected chi connectivity index (χ3v) is 8.09. The summed E-state index contributed by atoms with van der Waals surface area (Å²) in [4.78, 5) is 32.4. The molecule has 6 atom stereocenters. The van der Waals surface area contributed by atoms with Crippen LogP contribution in [0.5, 0.6) is 0 Å². The highest BCUT2D eigenvalue weighted by Gasteiger charge is 2.56. The second-order valence-corrected chi connectivity index (χ2v) is 10.9. The van der Waals surface area contributed by atoms with E-state index in [0.29, 0.717) is 11.2 Å². The Balaban J connectivity index is 1.88. The molecule has 1 fully saturated rings. The topological polar surface area (TPSA) is 221 Å². The zero-order valence-corrected chi connectivity index (χ0v) is 23.8. The number of anilines is 1. The van der Waals surface area contributed by atoms with Crippen molar-refractivity contribution in [2.24, 2.45) is 4.99 Å². The van der Waals surface area contributed by atoms with Gasteiger partial charge in [0.25, 0.3) is 0 Å². The van der Waals surface area contributed by atoms with Gasteiger partial charge in [0.1, 0.15) is 42.2 Å². The van der Waals surface area contributed by atoms with Crippen molar-refractivity contribution in [2.45, 2.75) is 63.7 Å². The quantitative estimate of drug-likeness (QED) is 0.114. The Hall–Kier alpha value is -2.98. The Morgan fingerprint density at radius 1 is 1.23 bits per heavy atom. The maximum atomic E-state index is 13.8. The zero-order chi connectivity index (χ0) is 29.7. The van der Waals surface area contributed by atoms with Crippen LogP contribution in [0.3, 0.4) is 0 Å². The number of aromatic nitrogens is 3. The summed E-state index contributed by atoms with van der Waals surface area (Å²) in [6.07, 6.45) is -1.81. The standard InChI is InChI=1S/C23H36N7O9P/c1-6-36-21(33)13(3)28-40(35,29-14(4)22(34)37-7-2)38-10-16-18(31)19(32)23(39-16,11-25-5)17-9-8-15-20(24)26-12-27-30(15)17/h8-9,11-14,16,18-19,31-32H,6-7,10H2,1-5H3,(H2,24,26,27)(H2,28,29,35)/t13-,14-,16?,18+,19+,23-/m0/s1. The van der Waals surface area contributed by atoms with Crippen LogP contribution in [0.25, 0.3) is 5.52 Å². The lowest BCUT2D eigenvalue weighted by Crippen LogP contribution is -2.43. The van der Waals surface area contributed by atoms with E-state index in [4.69, 9.17) is 24.5 Å². The molecule has 1 aliphatic rings. The average Bonchev–Trinajstić information content (AvgIpc) is 3.45. The second kappa shape index (κ2) is 13.1. The smallest absolute Gasteiger partial charge is 0.342 e. The van der Waals surface area contributed by atoms with E-state index < -0.39 is 62.2 Å². The third kappa shape index (κ3) is 6.49. The van der Waals surface area contributed by atoms with Crippen molar-refractivity contribution in [3.63, 3.8) is 0 Å². The van der Waals surface area contributed by atoms with Crippen molar-refractivity contribution < 1.29 is 43.1 Å². The molecule has 0 saturated carbocycles. The second-order valence-electron chi connectivity index (χ2n) is 8.99. The Bertz CT molecular complexity index is 1240. The maximum Gasteiger partial charge on any atom is 0.342 e. The number of fused-ring (bicyclic) bond motifs is 1. The molecule has 1 aliphatic heterocycles. The van der Waals surface area contributed by atoms with Crippen molar-refractivity contribution in [3.05, 3.63) is 24.2 Å². The van der Waals surface area contributed by atoms with E-state index in [1.165, 1.54) is 38.0 Å². The minimum Gasteiger partial charge on any atom is -0.465 e. The molecule has 16 nitrogen and oxygen atoms in total. The number of esters is 2. The van der Waals surface area contributed by atoms with Gasteiger partial charge in [-0.15, -0.1) is 0 Å². The van der Waals surface area contributed by atoms with E-state index in [-0.39, 0.29) is 19.0 Å². The summed E-state index contributed by atoms with van der Waals surface area (Å²) in [7, 11) is -2.74. The number of carbonyl (C=O) groups excluding carboxylic acids is 2. The summed E-state index contributed by atoms with van der Waals surface area (Å²) in [5, 5.41) is 31.4. The van der Waals surface area contributed by atoms with Crippen molar-refractivity contribution in [3.8, 4) is 0 Å². The number of hydrogen-bond donors (Lipinski definition) is 5. The first-order chi connectivity index (χ1) is 18.9. The number of aliphatic hydroxyl groups excluding tert-OH is 2. The lowest BCUT2D eigenvalue weighted by atomic mass is 9.92. The van der Waals surface area contributed by atoms with Gasteiger partial charge in [-0.2, -0.15) is 5.10 Å². The Labute approximate surface area is 230 Å². The van der Waals surface area contributed by atoms with Crippen molar-refractivity contribution >= 4 is 37.2 Å². The van der Waals surface area contributed by atoms with E-state index in [2.05, 4.69) is 25.2 Å². The first kappa shape index (κ1) is 31.5. The molecule has 40 heavy (non-hydrogen) atoms. The van der Waals surface area contributed by atoms with Crippen LogP contribution in [0.15, 0.2) is 23.5 Å². The molecule has 6 N–H and O–H groups in total. The number of nitrogen functional groups attached to an aromatic ring is 1. The number of nitrogens with one attached hydrogen (secondary N) is 2. The van der Waals surface area contributed by atoms with Crippen LogP contribution < -0.4 is 15.9 Å². The summed E-state index contributed by atoms with van der Waals surface area (Å²) in [6, 6.07) is 1.02. The Morgan fingerprint density at radius 3 is 2.38 bits per heavy atom. The molecular formula is C23H36N7O9P. The highest BCUT2D eigenvalue weighted by Crippen LogP contribution is 2.44. The third-order valence-electron chi connectivity index (χ3n) is 6.12. The number of rotatable bonds is 13. The van der Waals surface area contributed by atoms with Gasteiger partial charge in [-0.3, -0.25) is 19.1 Å². The lowest BCUT2D eigenvalue weighted by Gasteiger charge is -2.28. The fourth-order valence-electron chi connectivity index (χ4n) is 4.24. The molecule has 0 spiro atoms. The molecule has 3 rings (SSSR count). The van der Waals surface area contributed by atoms with Crippen LogP contribution in [-0.2, 0) is 38.5 Å². The molecule has 2 aromatic heterocycles. The van der Waals surface area contributed by atoms with Gasteiger partial charge in [-0.1, -0.05) is 0 Å². The molecule has 2 aromatic rings. The Kier molecular flexibility index (Phi) is 10.3. The predicted molar refractivity (Wildman–Crippen MR) is 142 cm³/mol. The highest BCUT2D eigenvalue weighted by molar-refractivity contribution is 7.54. The first-order valence-electron chi connectivity index (χ1n) is 12.6. The van der Waals surface area contributed by atoms with Crippen LogP contribution >= 0.6 is 7.67 Å². The molecule has 1 saturated heterocycles. The summed E-state index contributed by atoms with van der Waals surface area (Å²) >= 11 is 0. The molecule has 1 unspecified atom stereocenters. The first-order valence-corrected chi connectivity index (χ1v) is 14.2. The van der Waals surface area contributed by atoms with Crippen molar-refractivity contribution in [1.82, 2.24) is 24.8 Å². The van der Waals surface area contributed by atoms with Gasteiger partial charge < -0.3 is 34.7 Å². The normalized spacial score (nSPS) is 24.8. The molecule has 0 aliphatic carbocycles. The fraction of sp³-hybridized carbons (Fsp3) is 0.609. The predicted octanol–water partition coefficient (Wildman–Crippen LogP) is -0.465. The largest absolute Gasteiger partial charge is 0.465 e. The van der Waals surface area contributed by atoms with Crippen molar-refractivity contribution in [1.29, 1.82) is 0 Å². The monoisotopic (exact) mass is 585 g/mol. The zero-order valence-electron chi connectivity index (χ0n) is 22.9. The van der Waals surface area contributed by atoms with E-state index in [9.17, 15) is 24.4 Å². The molecule has 0 radical (unpaired) electrons. The molecule has 0 amide bonds. The van der Waals surface area contributed by atoms with Gasteiger partial charge in [0, 0.05) is 13.3 Å². The summed E-state index contributed by atoms with van der Waals surface area (Å²) in [6.45, 7) is 5.69. The molecule has 222 valence electrons.